The van der Waals surface area contributed by atoms with Crippen LogP contribution in [0.5, 0.6) is 0 Å². The number of amides is 2. The Morgan fingerprint density at radius 2 is 2.00 bits per heavy atom. The molecule has 4 N–H and O–H groups in total. The Kier molecular flexibility index (Phi) is 4.20. The van der Waals surface area contributed by atoms with Crippen LogP contribution in [0.2, 0.25) is 0 Å². The molecular weight excluding hydrogens is 226 g/mol. The van der Waals surface area contributed by atoms with Crippen molar-refractivity contribution in [2.24, 2.45) is 5.73 Å². The largest absolute Gasteiger partial charge is 0.334 e. The lowest BCUT2D eigenvalue weighted by Gasteiger charge is -2.29. The van der Waals surface area contributed by atoms with Crippen molar-refractivity contribution in [2.75, 3.05) is 5.32 Å². The molecule has 0 bridgehead atoms. The van der Waals surface area contributed by atoms with Crippen LogP contribution < -0.4 is 16.4 Å². The maximum atomic E-state index is 11.9. The van der Waals surface area contributed by atoms with Crippen LogP contribution in [0, 0.1) is 6.92 Å². The third-order valence-electron chi connectivity index (χ3n) is 3.53. The lowest BCUT2D eigenvalue weighted by atomic mass is 9.91. The summed E-state index contributed by atoms with van der Waals surface area (Å²) in [6, 6.07) is 7.76. The van der Waals surface area contributed by atoms with Crippen molar-refractivity contribution < 1.29 is 4.79 Å². The lowest BCUT2D eigenvalue weighted by Crippen LogP contribution is -2.50. The Balaban J connectivity index is 1.90. The molecule has 0 aliphatic heterocycles. The molecule has 0 unspecified atom stereocenters. The molecule has 4 nitrogen and oxygen atoms in total. The highest BCUT2D eigenvalue weighted by molar-refractivity contribution is 5.90. The fourth-order valence-corrected chi connectivity index (χ4v) is 2.38. The third-order valence-corrected chi connectivity index (χ3v) is 3.53. The van der Waals surface area contributed by atoms with Gasteiger partial charge in [-0.2, -0.15) is 0 Å². The second-order valence-corrected chi connectivity index (χ2v) is 4.97. The molecule has 1 fully saturated rings. The van der Waals surface area contributed by atoms with E-state index >= 15 is 0 Å². The number of nitrogens with two attached hydrogens (primary N) is 1. The third kappa shape index (κ3) is 3.23. The van der Waals surface area contributed by atoms with E-state index in [0.717, 1.165) is 30.5 Å². The summed E-state index contributed by atoms with van der Waals surface area (Å²) >= 11 is 0. The van der Waals surface area contributed by atoms with Crippen molar-refractivity contribution in [1.29, 1.82) is 0 Å². The van der Waals surface area contributed by atoms with Gasteiger partial charge in [0.05, 0.1) is 0 Å². The van der Waals surface area contributed by atoms with Gasteiger partial charge in [-0.1, -0.05) is 31.0 Å². The molecule has 1 aromatic rings. The van der Waals surface area contributed by atoms with Crippen molar-refractivity contribution in [1.82, 2.24) is 5.32 Å². The second kappa shape index (κ2) is 5.87. The van der Waals surface area contributed by atoms with Crippen LogP contribution in [-0.2, 0) is 0 Å². The summed E-state index contributed by atoms with van der Waals surface area (Å²) in [5.41, 5.74) is 7.91. The van der Waals surface area contributed by atoms with E-state index in [4.69, 9.17) is 5.73 Å². The van der Waals surface area contributed by atoms with Gasteiger partial charge in [-0.25, -0.2) is 4.79 Å². The van der Waals surface area contributed by atoms with Gasteiger partial charge in [-0.3, -0.25) is 0 Å². The van der Waals surface area contributed by atoms with Crippen molar-refractivity contribution in [2.45, 2.75) is 44.7 Å². The number of hydrogen-bond donors (Lipinski definition) is 3. The Morgan fingerprint density at radius 3 is 2.72 bits per heavy atom. The van der Waals surface area contributed by atoms with Crippen LogP contribution in [0.4, 0.5) is 10.5 Å². The van der Waals surface area contributed by atoms with Crippen LogP contribution in [0.1, 0.15) is 31.2 Å². The van der Waals surface area contributed by atoms with E-state index in [1.54, 1.807) is 0 Å². The smallest absolute Gasteiger partial charge is 0.319 e. The van der Waals surface area contributed by atoms with Gasteiger partial charge in [0, 0.05) is 17.8 Å². The van der Waals surface area contributed by atoms with E-state index in [0.29, 0.717) is 0 Å². The number of urea groups is 1. The molecule has 0 spiro atoms. The van der Waals surface area contributed by atoms with E-state index in [1.165, 1.54) is 6.42 Å². The molecule has 1 aliphatic rings. The fraction of sp³-hybridized carbons (Fsp3) is 0.500. The second-order valence-electron chi connectivity index (χ2n) is 4.97. The number of para-hydroxylation sites is 1. The molecule has 2 rings (SSSR count). The molecule has 0 heterocycles. The summed E-state index contributed by atoms with van der Waals surface area (Å²) in [5.74, 6) is 0. The molecule has 0 saturated heterocycles. The Bertz CT molecular complexity index is 419. The number of aryl methyl sites for hydroxylation is 1. The quantitative estimate of drug-likeness (QED) is 0.751. The monoisotopic (exact) mass is 247 g/mol. The highest BCUT2D eigenvalue weighted by Gasteiger charge is 2.23. The van der Waals surface area contributed by atoms with Gasteiger partial charge in [0.2, 0.25) is 0 Å². The molecule has 98 valence electrons. The van der Waals surface area contributed by atoms with Crippen LogP contribution in [0.15, 0.2) is 24.3 Å². The normalized spacial score (nSPS) is 23.4. The molecule has 18 heavy (non-hydrogen) atoms. The topological polar surface area (TPSA) is 67.2 Å². The number of carbonyl (C=O) groups excluding carboxylic acids is 1. The predicted octanol–water partition coefficient (Wildman–Crippen LogP) is 2.39. The fourth-order valence-electron chi connectivity index (χ4n) is 2.38. The maximum absolute atomic E-state index is 11.9. The summed E-state index contributed by atoms with van der Waals surface area (Å²) in [6.45, 7) is 1.97. The minimum Gasteiger partial charge on any atom is -0.334 e. The highest BCUT2D eigenvalue weighted by atomic mass is 16.2. The number of anilines is 1. The number of carbonyl (C=O) groups is 1. The number of rotatable bonds is 2. The van der Waals surface area contributed by atoms with E-state index in [1.807, 2.05) is 31.2 Å². The molecule has 0 radical (unpaired) electrons. The van der Waals surface area contributed by atoms with Crippen molar-refractivity contribution in [3.05, 3.63) is 29.8 Å². The maximum Gasteiger partial charge on any atom is 0.319 e. The lowest BCUT2D eigenvalue weighted by molar-refractivity contribution is 0.240. The summed E-state index contributed by atoms with van der Waals surface area (Å²) in [4.78, 5) is 11.9. The summed E-state index contributed by atoms with van der Waals surface area (Å²) < 4.78 is 0. The van der Waals surface area contributed by atoms with Crippen molar-refractivity contribution in [3.8, 4) is 0 Å². The van der Waals surface area contributed by atoms with E-state index in [2.05, 4.69) is 10.6 Å². The zero-order valence-corrected chi connectivity index (χ0v) is 10.8. The first-order valence-electron chi connectivity index (χ1n) is 6.55. The van der Waals surface area contributed by atoms with Crippen molar-refractivity contribution >= 4 is 11.7 Å². The Morgan fingerprint density at radius 1 is 1.28 bits per heavy atom. The van der Waals surface area contributed by atoms with Gasteiger partial charge >= 0.3 is 6.03 Å². The van der Waals surface area contributed by atoms with Crippen LogP contribution in [0.3, 0.4) is 0 Å². The predicted molar refractivity (Wildman–Crippen MR) is 73.6 cm³/mol. The minimum absolute atomic E-state index is 0.0846. The molecule has 2 atom stereocenters. The number of nitrogens with one attached hydrogen (secondary N) is 2. The molecule has 2 amide bonds. The van der Waals surface area contributed by atoms with E-state index in [9.17, 15) is 4.79 Å². The SMILES string of the molecule is Cc1ccccc1NC(=O)N[C@@H]1CCCC[C@H]1N. The molecule has 1 saturated carbocycles. The summed E-state index contributed by atoms with van der Waals surface area (Å²) in [6.07, 6.45) is 4.28. The zero-order valence-electron chi connectivity index (χ0n) is 10.8. The molecule has 4 heteroatoms. The number of benzene rings is 1. The van der Waals surface area contributed by atoms with Crippen LogP contribution >= 0.6 is 0 Å². The van der Waals surface area contributed by atoms with Crippen molar-refractivity contribution in [3.63, 3.8) is 0 Å². The van der Waals surface area contributed by atoms with Crippen LogP contribution in [0.25, 0.3) is 0 Å². The van der Waals surface area contributed by atoms with Crippen LogP contribution in [-0.4, -0.2) is 18.1 Å². The van der Waals surface area contributed by atoms with Gasteiger partial charge in [-0.05, 0) is 31.4 Å². The molecule has 1 aliphatic carbocycles. The van der Waals surface area contributed by atoms with Gasteiger partial charge in [0.25, 0.3) is 0 Å². The van der Waals surface area contributed by atoms with Gasteiger partial charge in [-0.15, -0.1) is 0 Å². The first-order valence-corrected chi connectivity index (χ1v) is 6.55. The molecule has 0 aromatic heterocycles. The average Bonchev–Trinajstić information content (AvgIpc) is 2.35. The number of hydrogen-bond acceptors (Lipinski definition) is 2. The first-order chi connectivity index (χ1) is 8.66. The molecular formula is C14H21N3O. The first kappa shape index (κ1) is 12.9. The van der Waals surface area contributed by atoms with Gasteiger partial charge in [0.1, 0.15) is 0 Å². The Labute approximate surface area is 108 Å². The van der Waals surface area contributed by atoms with E-state index < -0.39 is 0 Å². The standard InChI is InChI=1S/C14H21N3O/c1-10-6-2-4-8-12(10)16-14(18)17-13-9-5-3-7-11(13)15/h2,4,6,8,11,13H,3,5,7,9,15H2,1H3,(H2,16,17,18)/t11-,13-/m1/s1. The summed E-state index contributed by atoms with van der Waals surface area (Å²) in [7, 11) is 0. The van der Waals surface area contributed by atoms with Gasteiger partial charge in [0.15, 0.2) is 0 Å². The van der Waals surface area contributed by atoms with E-state index in [-0.39, 0.29) is 18.1 Å². The minimum atomic E-state index is -0.161. The highest BCUT2D eigenvalue weighted by Crippen LogP contribution is 2.17. The zero-order chi connectivity index (χ0) is 13.0. The molecule has 1 aromatic carbocycles. The van der Waals surface area contributed by atoms with Gasteiger partial charge < -0.3 is 16.4 Å². The summed E-state index contributed by atoms with van der Waals surface area (Å²) in [5, 5.41) is 5.84. The average molecular weight is 247 g/mol. The Hall–Kier alpha value is -1.55.